The Morgan fingerprint density at radius 3 is 2.11 bits per heavy atom. The van der Waals surface area contributed by atoms with Crippen LogP contribution < -0.4 is 10.6 Å². The molecule has 1 aliphatic carbocycles. The number of esters is 1. The highest BCUT2D eigenvalue weighted by Crippen LogP contribution is 2.31. The molecule has 0 atom stereocenters. The molecule has 148 valence electrons. The summed E-state index contributed by atoms with van der Waals surface area (Å²) in [6.45, 7) is 5.86. The maximum atomic E-state index is 12.6. The van der Waals surface area contributed by atoms with Gasteiger partial charge in [-0.25, -0.2) is 4.79 Å². The van der Waals surface area contributed by atoms with E-state index in [0.717, 1.165) is 0 Å². The van der Waals surface area contributed by atoms with Gasteiger partial charge in [0.25, 0.3) is 0 Å². The van der Waals surface area contributed by atoms with Crippen LogP contribution in [0, 0.1) is 11.8 Å². The molecule has 0 aliphatic heterocycles. The number of carbonyl (C=O) groups excluding carboxylic acids is 3. The van der Waals surface area contributed by atoms with Crippen molar-refractivity contribution in [1.82, 2.24) is 5.32 Å². The molecule has 1 aromatic carbocycles. The summed E-state index contributed by atoms with van der Waals surface area (Å²) in [5.41, 5.74) is 0.448. The fraction of sp³-hybridized carbons (Fsp3) is 0.550. The Morgan fingerprint density at radius 1 is 1.04 bits per heavy atom. The predicted molar refractivity (Wildman–Crippen MR) is 105 cm³/mol. The number of carbonyl (C=O) groups is 3. The minimum atomic E-state index is -0.493. The predicted octanol–water partition coefficient (Wildman–Crippen LogP) is 3.79. The number of halogens is 1. The first kappa shape index (κ1) is 21.2. The minimum absolute atomic E-state index is 0.0511. The van der Waals surface area contributed by atoms with Gasteiger partial charge in [0.15, 0.2) is 0 Å². The van der Waals surface area contributed by atoms with Crippen molar-refractivity contribution in [2.75, 3.05) is 12.4 Å². The van der Waals surface area contributed by atoms with Gasteiger partial charge in [0.05, 0.1) is 23.4 Å². The fourth-order valence-electron chi connectivity index (χ4n) is 3.19. The van der Waals surface area contributed by atoms with Crippen LogP contribution in [0.3, 0.4) is 0 Å². The molecule has 2 rings (SSSR count). The van der Waals surface area contributed by atoms with Crippen molar-refractivity contribution in [3.05, 3.63) is 28.8 Å². The molecule has 0 heterocycles. The summed E-state index contributed by atoms with van der Waals surface area (Å²) < 4.78 is 4.69. The number of anilines is 1. The molecule has 0 saturated heterocycles. The summed E-state index contributed by atoms with van der Waals surface area (Å²) in [4.78, 5) is 36.5. The van der Waals surface area contributed by atoms with Gasteiger partial charge in [0, 0.05) is 17.4 Å². The Morgan fingerprint density at radius 2 is 1.59 bits per heavy atom. The van der Waals surface area contributed by atoms with Gasteiger partial charge >= 0.3 is 5.97 Å². The van der Waals surface area contributed by atoms with Gasteiger partial charge in [-0.3, -0.25) is 9.59 Å². The van der Waals surface area contributed by atoms with Gasteiger partial charge in [-0.2, -0.15) is 0 Å². The van der Waals surface area contributed by atoms with Gasteiger partial charge in [0.2, 0.25) is 11.8 Å². The lowest BCUT2D eigenvalue weighted by Crippen LogP contribution is -2.45. The molecule has 1 saturated carbocycles. The molecule has 2 amide bonds. The van der Waals surface area contributed by atoms with Gasteiger partial charge in [0.1, 0.15) is 0 Å². The smallest absolute Gasteiger partial charge is 0.337 e. The molecule has 6 nitrogen and oxygen atoms in total. The second-order valence-corrected chi connectivity index (χ2v) is 8.37. The second-order valence-electron chi connectivity index (χ2n) is 7.96. The average molecular weight is 395 g/mol. The molecule has 0 aromatic heterocycles. The third-order valence-corrected chi connectivity index (χ3v) is 4.94. The van der Waals surface area contributed by atoms with Crippen LogP contribution in [0.1, 0.15) is 56.8 Å². The van der Waals surface area contributed by atoms with Crippen molar-refractivity contribution in [1.29, 1.82) is 0 Å². The van der Waals surface area contributed by atoms with E-state index in [0.29, 0.717) is 42.0 Å². The Bertz CT molecular complexity index is 719. The maximum Gasteiger partial charge on any atom is 0.337 e. The van der Waals surface area contributed by atoms with Gasteiger partial charge in [-0.15, -0.1) is 0 Å². The van der Waals surface area contributed by atoms with Crippen molar-refractivity contribution in [3.63, 3.8) is 0 Å². The van der Waals surface area contributed by atoms with Crippen LogP contribution in [-0.2, 0) is 14.3 Å². The lowest BCUT2D eigenvalue weighted by molar-refractivity contribution is -0.129. The molecule has 1 fully saturated rings. The molecule has 0 bridgehead atoms. The number of nitrogens with one attached hydrogen (secondary N) is 2. The second kappa shape index (κ2) is 8.74. The molecular formula is C20H27ClN2O4. The highest BCUT2D eigenvalue weighted by atomic mass is 35.5. The number of hydrogen-bond donors (Lipinski definition) is 2. The van der Waals surface area contributed by atoms with Crippen LogP contribution in [0.2, 0.25) is 5.02 Å². The van der Waals surface area contributed by atoms with Crippen molar-refractivity contribution in [3.8, 4) is 0 Å². The van der Waals surface area contributed by atoms with Crippen LogP contribution in [0.15, 0.2) is 18.2 Å². The molecular weight excluding hydrogens is 368 g/mol. The third-order valence-electron chi connectivity index (χ3n) is 4.61. The first-order valence-corrected chi connectivity index (χ1v) is 9.49. The molecule has 2 N–H and O–H groups in total. The minimum Gasteiger partial charge on any atom is -0.465 e. The highest BCUT2D eigenvalue weighted by molar-refractivity contribution is 6.33. The van der Waals surface area contributed by atoms with Gasteiger partial charge in [-0.1, -0.05) is 11.6 Å². The van der Waals surface area contributed by atoms with E-state index >= 15 is 0 Å². The largest absolute Gasteiger partial charge is 0.465 e. The first-order chi connectivity index (χ1) is 12.6. The monoisotopic (exact) mass is 394 g/mol. The first-order valence-electron chi connectivity index (χ1n) is 9.11. The quantitative estimate of drug-likeness (QED) is 0.761. The summed E-state index contributed by atoms with van der Waals surface area (Å²) in [7, 11) is 1.30. The number of amides is 2. The number of benzene rings is 1. The Hall–Kier alpha value is -2.08. The van der Waals surface area contributed by atoms with Crippen LogP contribution in [0.5, 0.6) is 0 Å². The van der Waals surface area contributed by atoms with E-state index in [4.69, 9.17) is 11.6 Å². The molecule has 0 unspecified atom stereocenters. The van der Waals surface area contributed by atoms with Crippen molar-refractivity contribution < 1.29 is 19.1 Å². The van der Waals surface area contributed by atoms with Crippen molar-refractivity contribution in [2.24, 2.45) is 11.8 Å². The SMILES string of the molecule is COC(=O)c1ccc(Cl)c(NC(=O)C2CCC(C(=O)NC(C)(C)C)CC2)c1. The highest BCUT2D eigenvalue weighted by Gasteiger charge is 2.31. The zero-order chi connectivity index (χ0) is 20.2. The van der Waals surface area contributed by atoms with Crippen LogP contribution >= 0.6 is 11.6 Å². The summed E-state index contributed by atoms with van der Waals surface area (Å²) >= 11 is 6.13. The zero-order valence-electron chi connectivity index (χ0n) is 16.2. The van der Waals surface area contributed by atoms with Crippen LogP contribution in [0.25, 0.3) is 0 Å². The standard InChI is InChI=1S/C20H27ClN2O4/c1-20(2,3)23-18(25)13-7-5-12(6-8-13)17(24)22-16-11-14(19(26)27-4)9-10-15(16)21/h9-13H,5-8H2,1-4H3,(H,22,24)(H,23,25). The summed E-state index contributed by atoms with van der Waals surface area (Å²) in [5.74, 6) is -0.822. The molecule has 1 aliphatic rings. The Labute approximate surface area is 165 Å². The summed E-state index contributed by atoms with van der Waals surface area (Å²) in [6, 6.07) is 4.61. The van der Waals surface area contributed by atoms with Gasteiger partial charge < -0.3 is 15.4 Å². The fourth-order valence-corrected chi connectivity index (χ4v) is 3.35. The lowest BCUT2D eigenvalue weighted by atomic mass is 9.81. The Kier molecular flexibility index (Phi) is 6.87. The van der Waals surface area contributed by atoms with E-state index in [1.807, 2.05) is 20.8 Å². The van der Waals surface area contributed by atoms with E-state index in [1.54, 1.807) is 12.1 Å². The zero-order valence-corrected chi connectivity index (χ0v) is 17.0. The van der Waals surface area contributed by atoms with Crippen LogP contribution in [0.4, 0.5) is 5.69 Å². The van der Waals surface area contributed by atoms with E-state index in [2.05, 4.69) is 15.4 Å². The number of hydrogen-bond acceptors (Lipinski definition) is 4. The van der Waals surface area contributed by atoms with E-state index in [9.17, 15) is 14.4 Å². The summed E-state index contributed by atoms with van der Waals surface area (Å²) in [6.07, 6.45) is 2.64. The molecule has 27 heavy (non-hydrogen) atoms. The lowest BCUT2D eigenvalue weighted by Gasteiger charge is -2.30. The molecule has 1 aromatic rings. The number of ether oxygens (including phenoxy) is 1. The van der Waals surface area contributed by atoms with E-state index in [-0.39, 0.29) is 29.2 Å². The molecule has 0 radical (unpaired) electrons. The van der Waals surface area contributed by atoms with Crippen molar-refractivity contribution >= 4 is 35.1 Å². The average Bonchev–Trinajstić information content (AvgIpc) is 2.61. The number of methoxy groups -OCH3 is 1. The molecule has 7 heteroatoms. The summed E-state index contributed by atoms with van der Waals surface area (Å²) in [5, 5.41) is 6.16. The molecule has 0 spiro atoms. The third kappa shape index (κ3) is 5.96. The van der Waals surface area contributed by atoms with Crippen LogP contribution in [-0.4, -0.2) is 30.4 Å². The number of rotatable bonds is 4. The Balaban J connectivity index is 1.95. The van der Waals surface area contributed by atoms with E-state index in [1.165, 1.54) is 13.2 Å². The van der Waals surface area contributed by atoms with E-state index < -0.39 is 5.97 Å². The maximum absolute atomic E-state index is 12.6. The van der Waals surface area contributed by atoms with Crippen molar-refractivity contribution in [2.45, 2.75) is 52.0 Å². The normalized spacial score (nSPS) is 19.9. The topological polar surface area (TPSA) is 84.5 Å². The van der Waals surface area contributed by atoms with Gasteiger partial charge in [-0.05, 0) is 64.7 Å².